The van der Waals surface area contributed by atoms with Crippen molar-refractivity contribution in [3.63, 3.8) is 0 Å². The average molecular weight is 316 g/mol. The zero-order valence-corrected chi connectivity index (χ0v) is 12.4. The van der Waals surface area contributed by atoms with Crippen molar-refractivity contribution >= 4 is 46.0 Å². The molecule has 2 N–H and O–H groups in total. The second-order valence-corrected chi connectivity index (χ2v) is 6.01. The highest BCUT2D eigenvalue weighted by Crippen LogP contribution is 2.35. The Hall–Kier alpha value is -1.23. The number of nitrogen functional groups attached to an aromatic ring is 1. The number of hydrogen-bond acceptors (Lipinski definition) is 4. The highest BCUT2D eigenvalue weighted by atomic mass is 35.5. The third-order valence-corrected chi connectivity index (χ3v) is 3.97. The molecule has 0 aliphatic carbocycles. The largest absolute Gasteiger partial charge is 0.491 e. The summed E-state index contributed by atoms with van der Waals surface area (Å²) in [6.07, 6.45) is 0. The van der Waals surface area contributed by atoms with Crippen LogP contribution in [0.1, 0.15) is 22.8 Å². The number of anilines is 1. The number of carbonyl (C=O) groups is 1. The first-order valence-corrected chi connectivity index (χ1v) is 7.12. The molecule has 1 aromatic carbocycles. The van der Waals surface area contributed by atoms with E-state index in [-0.39, 0.29) is 5.78 Å². The standard InChI is InChI=1S/C13H11Cl2NO2S/c1-2-18-12-7(4-3-5-9(12)16)11(17)8-6-10(14)19-13(8)15/h3-6H,2,16H2,1H3. The SMILES string of the molecule is CCOc1c(N)cccc1C(=O)c1cc(Cl)sc1Cl. The Morgan fingerprint density at radius 1 is 1.37 bits per heavy atom. The van der Waals surface area contributed by atoms with Crippen LogP contribution in [0.2, 0.25) is 8.67 Å². The van der Waals surface area contributed by atoms with Crippen molar-refractivity contribution in [1.29, 1.82) is 0 Å². The first kappa shape index (κ1) is 14.2. The normalized spacial score (nSPS) is 10.5. The molecule has 0 fully saturated rings. The van der Waals surface area contributed by atoms with Gasteiger partial charge in [0, 0.05) is 0 Å². The Bertz CT molecular complexity index is 625. The van der Waals surface area contributed by atoms with Gasteiger partial charge >= 0.3 is 0 Å². The van der Waals surface area contributed by atoms with Crippen molar-refractivity contribution in [2.45, 2.75) is 6.92 Å². The lowest BCUT2D eigenvalue weighted by Crippen LogP contribution is -2.07. The molecular weight excluding hydrogens is 305 g/mol. The van der Waals surface area contributed by atoms with Gasteiger partial charge in [0.1, 0.15) is 4.34 Å². The maximum absolute atomic E-state index is 12.5. The summed E-state index contributed by atoms with van der Waals surface area (Å²) in [4.78, 5) is 12.5. The molecule has 1 heterocycles. The minimum atomic E-state index is -0.246. The Labute approximate surface area is 124 Å². The van der Waals surface area contributed by atoms with E-state index in [4.69, 9.17) is 33.7 Å². The third kappa shape index (κ3) is 2.86. The maximum atomic E-state index is 12.5. The molecule has 6 heteroatoms. The van der Waals surface area contributed by atoms with E-state index in [1.54, 1.807) is 24.3 Å². The number of rotatable bonds is 4. The number of halogens is 2. The molecule has 0 aliphatic rings. The highest BCUT2D eigenvalue weighted by molar-refractivity contribution is 7.20. The number of carbonyl (C=O) groups excluding carboxylic acids is 1. The summed E-state index contributed by atoms with van der Waals surface area (Å²) in [5.74, 6) is 0.136. The van der Waals surface area contributed by atoms with Crippen molar-refractivity contribution in [3.8, 4) is 5.75 Å². The van der Waals surface area contributed by atoms with Gasteiger partial charge in [-0.05, 0) is 25.1 Å². The maximum Gasteiger partial charge on any atom is 0.199 e. The molecule has 2 aromatic rings. The highest BCUT2D eigenvalue weighted by Gasteiger charge is 2.20. The summed E-state index contributed by atoms with van der Waals surface area (Å²) in [6, 6.07) is 6.60. The molecule has 0 atom stereocenters. The zero-order valence-electron chi connectivity index (χ0n) is 10.1. The van der Waals surface area contributed by atoms with Crippen LogP contribution >= 0.6 is 34.5 Å². The van der Waals surface area contributed by atoms with Gasteiger partial charge in [-0.1, -0.05) is 29.3 Å². The molecule has 2 rings (SSSR count). The van der Waals surface area contributed by atoms with Crippen LogP contribution in [0.5, 0.6) is 5.75 Å². The number of nitrogens with two attached hydrogens (primary N) is 1. The number of benzene rings is 1. The smallest absolute Gasteiger partial charge is 0.199 e. The molecule has 0 spiro atoms. The minimum absolute atomic E-state index is 0.246. The van der Waals surface area contributed by atoms with Crippen LogP contribution < -0.4 is 10.5 Å². The first-order valence-electron chi connectivity index (χ1n) is 5.55. The van der Waals surface area contributed by atoms with E-state index in [9.17, 15) is 4.79 Å². The first-order chi connectivity index (χ1) is 9.04. The van der Waals surface area contributed by atoms with Crippen molar-refractivity contribution in [1.82, 2.24) is 0 Å². The van der Waals surface area contributed by atoms with Gasteiger partial charge in [-0.15, -0.1) is 11.3 Å². The second kappa shape index (κ2) is 5.82. The topological polar surface area (TPSA) is 52.3 Å². The van der Waals surface area contributed by atoms with Crippen LogP contribution in [0.25, 0.3) is 0 Å². The fraction of sp³-hybridized carbons (Fsp3) is 0.154. The molecule has 0 radical (unpaired) electrons. The summed E-state index contributed by atoms with van der Waals surface area (Å²) in [6.45, 7) is 2.25. The van der Waals surface area contributed by atoms with Crippen LogP contribution in [0.15, 0.2) is 24.3 Å². The lowest BCUT2D eigenvalue weighted by atomic mass is 10.0. The summed E-state index contributed by atoms with van der Waals surface area (Å²) >= 11 is 13.0. The van der Waals surface area contributed by atoms with E-state index < -0.39 is 0 Å². The number of thiophene rings is 1. The van der Waals surface area contributed by atoms with Crippen molar-refractivity contribution in [3.05, 3.63) is 44.1 Å². The number of ketones is 1. The number of hydrogen-bond donors (Lipinski definition) is 1. The molecular formula is C13H11Cl2NO2S. The lowest BCUT2D eigenvalue weighted by molar-refractivity contribution is 0.103. The van der Waals surface area contributed by atoms with Crippen LogP contribution in [0.4, 0.5) is 5.69 Å². The molecule has 0 unspecified atom stereocenters. The summed E-state index contributed by atoms with van der Waals surface area (Å²) < 4.78 is 6.27. The van der Waals surface area contributed by atoms with Gasteiger partial charge in [-0.2, -0.15) is 0 Å². The minimum Gasteiger partial charge on any atom is -0.491 e. The third-order valence-electron chi connectivity index (χ3n) is 2.48. The van der Waals surface area contributed by atoms with E-state index in [1.165, 1.54) is 0 Å². The van der Waals surface area contributed by atoms with Crippen molar-refractivity contribution in [2.24, 2.45) is 0 Å². The fourth-order valence-corrected chi connectivity index (χ4v) is 3.14. The van der Waals surface area contributed by atoms with Crippen LogP contribution in [0, 0.1) is 0 Å². The van der Waals surface area contributed by atoms with Gasteiger partial charge in [-0.25, -0.2) is 0 Å². The Balaban J connectivity index is 2.50. The average Bonchev–Trinajstić information content (AvgIpc) is 2.70. The number of ether oxygens (including phenoxy) is 1. The Morgan fingerprint density at radius 3 is 2.68 bits per heavy atom. The monoisotopic (exact) mass is 315 g/mol. The number of para-hydroxylation sites is 1. The summed E-state index contributed by atoms with van der Waals surface area (Å²) in [5, 5.41) is 0. The van der Waals surface area contributed by atoms with E-state index in [1.807, 2.05) is 6.92 Å². The molecule has 19 heavy (non-hydrogen) atoms. The van der Waals surface area contributed by atoms with Gasteiger partial charge in [0.15, 0.2) is 11.5 Å². The van der Waals surface area contributed by atoms with E-state index in [2.05, 4.69) is 0 Å². The molecule has 0 aliphatic heterocycles. The molecule has 3 nitrogen and oxygen atoms in total. The lowest BCUT2D eigenvalue weighted by Gasteiger charge is -2.11. The van der Waals surface area contributed by atoms with Gasteiger partial charge in [0.25, 0.3) is 0 Å². The summed E-state index contributed by atoms with van der Waals surface area (Å²) in [5.41, 5.74) is 7.01. The van der Waals surface area contributed by atoms with Crippen LogP contribution in [0.3, 0.4) is 0 Å². The molecule has 0 saturated carbocycles. The van der Waals surface area contributed by atoms with E-state index >= 15 is 0 Å². The second-order valence-electron chi connectivity index (χ2n) is 3.72. The molecule has 100 valence electrons. The zero-order chi connectivity index (χ0) is 14.0. The predicted molar refractivity (Wildman–Crippen MR) is 79.8 cm³/mol. The van der Waals surface area contributed by atoms with Crippen molar-refractivity contribution in [2.75, 3.05) is 12.3 Å². The molecule has 1 aromatic heterocycles. The van der Waals surface area contributed by atoms with Crippen molar-refractivity contribution < 1.29 is 9.53 Å². The van der Waals surface area contributed by atoms with Gasteiger partial charge in [0.05, 0.1) is 27.8 Å². The molecule has 0 amide bonds. The van der Waals surface area contributed by atoms with Crippen LogP contribution in [-0.4, -0.2) is 12.4 Å². The van der Waals surface area contributed by atoms with Crippen LogP contribution in [-0.2, 0) is 0 Å². The molecule has 0 bridgehead atoms. The summed E-state index contributed by atoms with van der Waals surface area (Å²) in [7, 11) is 0. The van der Waals surface area contributed by atoms with Gasteiger partial charge in [-0.3, -0.25) is 4.79 Å². The van der Waals surface area contributed by atoms with Gasteiger partial charge in [0.2, 0.25) is 0 Å². The predicted octanol–water partition coefficient (Wildman–Crippen LogP) is 4.27. The van der Waals surface area contributed by atoms with Gasteiger partial charge < -0.3 is 10.5 Å². The molecule has 0 saturated heterocycles. The van der Waals surface area contributed by atoms with E-state index in [0.29, 0.717) is 37.8 Å². The quantitative estimate of drug-likeness (QED) is 0.677. The fourth-order valence-electron chi connectivity index (χ4n) is 1.68. The van der Waals surface area contributed by atoms with E-state index in [0.717, 1.165) is 11.3 Å². The Kier molecular flexibility index (Phi) is 4.34. The Morgan fingerprint density at radius 2 is 2.11 bits per heavy atom.